The van der Waals surface area contributed by atoms with Crippen molar-refractivity contribution in [3.8, 4) is 5.75 Å². The van der Waals surface area contributed by atoms with E-state index in [0.29, 0.717) is 0 Å². The number of rotatable bonds is 3. The lowest BCUT2D eigenvalue weighted by Crippen LogP contribution is -2.14. The Morgan fingerprint density at radius 3 is 2.50 bits per heavy atom. The van der Waals surface area contributed by atoms with Crippen LogP contribution in [0.15, 0.2) is 42.5 Å². The predicted octanol–water partition coefficient (Wildman–Crippen LogP) is 3.66. The Bertz CT molecular complexity index is 554. The molecule has 18 heavy (non-hydrogen) atoms. The number of nitrogens with two attached hydrogens (primary N) is 1. The normalized spacial score (nSPS) is 12.2. The molecule has 0 saturated heterocycles. The molecule has 0 fully saturated rings. The molecule has 0 aliphatic rings. The van der Waals surface area contributed by atoms with Crippen LogP contribution in [0.2, 0.25) is 0 Å². The molecule has 2 nitrogen and oxygen atoms in total. The van der Waals surface area contributed by atoms with Gasteiger partial charge in [-0.05, 0) is 47.2 Å². The fourth-order valence-corrected chi connectivity index (χ4v) is 2.71. The third-order valence-electron chi connectivity index (χ3n) is 2.96. The summed E-state index contributed by atoms with van der Waals surface area (Å²) < 4.78 is 6.57. The van der Waals surface area contributed by atoms with Crippen LogP contribution in [-0.2, 0) is 0 Å². The lowest BCUT2D eigenvalue weighted by Gasteiger charge is -2.18. The first-order valence-electron chi connectivity index (χ1n) is 5.78. The maximum absolute atomic E-state index is 6.38. The molecule has 0 saturated carbocycles. The maximum Gasteiger partial charge on any atom is 0.123 e. The lowest BCUT2D eigenvalue weighted by atomic mass is 9.97. The molecule has 0 spiro atoms. The number of ether oxygens (including phenoxy) is 1. The van der Waals surface area contributed by atoms with Crippen LogP contribution in [0.4, 0.5) is 0 Å². The van der Waals surface area contributed by atoms with E-state index in [2.05, 4.69) is 47.7 Å². The highest BCUT2D eigenvalue weighted by Crippen LogP contribution is 2.31. The largest absolute Gasteiger partial charge is 0.496 e. The van der Waals surface area contributed by atoms with Crippen LogP contribution in [0, 0.1) is 10.5 Å². The highest BCUT2D eigenvalue weighted by molar-refractivity contribution is 14.1. The molecule has 2 aromatic rings. The molecule has 0 aliphatic carbocycles. The smallest absolute Gasteiger partial charge is 0.123 e. The average Bonchev–Trinajstić information content (AvgIpc) is 2.38. The van der Waals surface area contributed by atoms with Gasteiger partial charge in [0.15, 0.2) is 0 Å². The van der Waals surface area contributed by atoms with Gasteiger partial charge in [-0.3, -0.25) is 0 Å². The molecule has 0 heterocycles. The average molecular weight is 353 g/mol. The van der Waals surface area contributed by atoms with Crippen LogP contribution in [0.5, 0.6) is 5.75 Å². The van der Waals surface area contributed by atoms with Gasteiger partial charge in [-0.15, -0.1) is 0 Å². The summed E-state index contributed by atoms with van der Waals surface area (Å²) in [6.45, 7) is 2.06. The fraction of sp³-hybridized carbons (Fsp3) is 0.200. The van der Waals surface area contributed by atoms with Crippen LogP contribution >= 0.6 is 22.6 Å². The predicted molar refractivity (Wildman–Crippen MR) is 82.9 cm³/mol. The number of hydrogen-bond donors (Lipinski definition) is 1. The van der Waals surface area contributed by atoms with Gasteiger partial charge in [-0.2, -0.15) is 0 Å². The summed E-state index contributed by atoms with van der Waals surface area (Å²) in [5, 5.41) is 0. The number of benzene rings is 2. The molecule has 0 radical (unpaired) electrons. The molecule has 0 aromatic heterocycles. The minimum Gasteiger partial charge on any atom is -0.496 e. The monoisotopic (exact) mass is 353 g/mol. The van der Waals surface area contributed by atoms with Gasteiger partial charge >= 0.3 is 0 Å². The van der Waals surface area contributed by atoms with Crippen molar-refractivity contribution >= 4 is 22.6 Å². The second kappa shape index (κ2) is 5.71. The Kier molecular flexibility index (Phi) is 4.24. The summed E-state index contributed by atoms with van der Waals surface area (Å²) >= 11 is 2.31. The van der Waals surface area contributed by atoms with E-state index in [4.69, 9.17) is 10.5 Å². The third kappa shape index (κ3) is 2.67. The van der Waals surface area contributed by atoms with Gasteiger partial charge in [-0.1, -0.05) is 35.9 Å². The highest BCUT2D eigenvalue weighted by Gasteiger charge is 2.16. The summed E-state index contributed by atoms with van der Waals surface area (Å²) in [6.07, 6.45) is 0. The zero-order chi connectivity index (χ0) is 13.1. The Balaban J connectivity index is 2.48. The Hall–Kier alpha value is -1.07. The minimum absolute atomic E-state index is 0.159. The van der Waals surface area contributed by atoms with E-state index in [1.807, 2.05) is 24.3 Å². The first-order chi connectivity index (χ1) is 8.63. The number of aryl methyl sites for hydroxylation is 1. The second-order valence-corrected chi connectivity index (χ2v) is 5.41. The number of hydrogen-bond acceptors (Lipinski definition) is 2. The molecule has 3 heteroatoms. The van der Waals surface area contributed by atoms with Crippen molar-refractivity contribution in [2.75, 3.05) is 7.11 Å². The van der Waals surface area contributed by atoms with E-state index in [9.17, 15) is 0 Å². The van der Waals surface area contributed by atoms with Crippen molar-refractivity contribution < 1.29 is 4.74 Å². The van der Waals surface area contributed by atoms with Crippen molar-refractivity contribution in [1.82, 2.24) is 0 Å². The summed E-state index contributed by atoms with van der Waals surface area (Å²) in [6, 6.07) is 14.1. The van der Waals surface area contributed by atoms with E-state index in [-0.39, 0.29) is 6.04 Å². The summed E-state index contributed by atoms with van der Waals surface area (Å²) in [5.41, 5.74) is 9.72. The van der Waals surface area contributed by atoms with E-state index in [0.717, 1.165) is 16.9 Å². The highest BCUT2D eigenvalue weighted by atomic mass is 127. The van der Waals surface area contributed by atoms with E-state index >= 15 is 0 Å². The molecule has 2 aromatic carbocycles. The van der Waals surface area contributed by atoms with Gasteiger partial charge < -0.3 is 10.5 Å². The molecule has 0 amide bonds. The summed E-state index contributed by atoms with van der Waals surface area (Å²) in [5.74, 6) is 0.841. The molecular formula is C15H16INO. The molecule has 1 unspecified atom stereocenters. The molecule has 1 atom stereocenters. The molecular weight excluding hydrogens is 337 g/mol. The van der Waals surface area contributed by atoms with Gasteiger partial charge in [-0.25, -0.2) is 0 Å². The second-order valence-electron chi connectivity index (χ2n) is 4.24. The van der Waals surface area contributed by atoms with Crippen LogP contribution in [-0.4, -0.2) is 7.11 Å². The van der Waals surface area contributed by atoms with E-state index in [1.54, 1.807) is 7.11 Å². The SMILES string of the molecule is COc1ccc(C)cc1C(N)c1ccccc1I. The zero-order valence-electron chi connectivity index (χ0n) is 10.5. The van der Waals surface area contributed by atoms with Gasteiger partial charge in [0, 0.05) is 9.13 Å². The van der Waals surface area contributed by atoms with Gasteiger partial charge in [0.2, 0.25) is 0 Å². The van der Waals surface area contributed by atoms with E-state index < -0.39 is 0 Å². The molecule has 0 bridgehead atoms. The fourth-order valence-electron chi connectivity index (χ4n) is 1.99. The minimum atomic E-state index is -0.159. The molecule has 2 rings (SSSR count). The van der Waals surface area contributed by atoms with Crippen LogP contribution in [0.25, 0.3) is 0 Å². The molecule has 2 N–H and O–H groups in total. The first kappa shape index (κ1) is 13.4. The zero-order valence-corrected chi connectivity index (χ0v) is 12.6. The van der Waals surface area contributed by atoms with Crippen molar-refractivity contribution in [1.29, 1.82) is 0 Å². The van der Waals surface area contributed by atoms with Crippen LogP contribution in [0.3, 0.4) is 0 Å². The Morgan fingerprint density at radius 1 is 1.11 bits per heavy atom. The number of halogens is 1. The quantitative estimate of drug-likeness (QED) is 0.855. The third-order valence-corrected chi connectivity index (χ3v) is 3.94. The standard InChI is InChI=1S/C15H16INO/c1-10-7-8-14(18-2)12(9-10)15(17)11-5-3-4-6-13(11)16/h3-9,15H,17H2,1-2H3. The summed E-state index contributed by atoms with van der Waals surface area (Å²) in [4.78, 5) is 0. The van der Waals surface area contributed by atoms with E-state index in [1.165, 1.54) is 9.13 Å². The Labute approximate surface area is 121 Å². The summed E-state index contributed by atoms with van der Waals surface area (Å²) in [7, 11) is 1.68. The van der Waals surface area contributed by atoms with Crippen LogP contribution in [0.1, 0.15) is 22.7 Å². The van der Waals surface area contributed by atoms with Gasteiger partial charge in [0.25, 0.3) is 0 Å². The number of methoxy groups -OCH3 is 1. The molecule has 0 aliphatic heterocycles. The van der Waals surface area contributed by atoms with Gasteiger partial charge in [0.1, 0.15) is 5.75 Å². The van der Waals surface area contributed by atoms with Crippen molar-refractivity contribution in [3.63, 3.8) is 0 Å². The lowest BCUT2D eigenvalue weighted by molar-refractivity contribution is 0.407. The molecule has 94 valence electrons. The van der Waals surface area contributed by atoms with Crippen molar-refractivity contribution in [2.45, 2.75) is 13.0 Å². The Morgan fingerprint density at radius 2 is 1.83 bits per heavy atom. The van der Waals surface area contributed by atoms with Crippen LogP contribution < -0.4 is 10.5 Å². The van der Waals surface area contributed by atoms with Crippen molar-refractivity contribution in [2.24, 2.45) is 5.73 Å². The first-order valence-corrected chi connectivity index (χ1v) is 6.86. The maximum atomic E-state index is 6.38. The topological polar surface area (TPSA) is 35.2 Å². The van der Waals surface area contributed by atoms with Gasteiger partial charge in [0.05, 0.1) is 13.2 Å². The van der Waals surface area contributed by atoms with Crippen molar-refractivity contribution in [3.05, 3.63) is 62.7 Å².